The molecular weight excluding hydrogens is 449 g/mol. The predicted octanol–water partition coefficient (Wildman–Crippen LogP) is 5.92. The lowest BCUT2D eigenvalue weighted by molar-refractivity contribution is -0.137. The van der Waals surface area contributed by atoms with E-state index in [1.165, 1.54) is 25.3 Å². The van der Waals surface area contributed by atoms with Gasteiger partial charge in [0, 0.05) is 22.8 Å². The predicted molar refractivity (Wildman–Crippen MR) is 119 cm³/mol. The first-order chi connectivity index (χ1) is 16.2. The molecule has 0 bridgehead atoms. The molecule has 2 N–H and O–H groups in total. The van der Waals surface area contributed by atoms with Gasteiger partial charge in [0.15, 0.2) is 0 Å². The maximum atomic E-state index is 13.0. The molecule has 0 aliphatic carbocycles. The van der Waals surface area contributed by atoms with Gasteiger partial charge in [-0.25, -0.2) is 4.98 Å². The van der Waals surface area contributed by atoms with Crippen LogP contribution in [0.5, 0.6) is 11.5 Å². The molecule has 1 heterocycles. The number of methoxy groups -OCH3 is 1. The highest BCUT2D eigenvalue weighted by molar-refractivity contribution is 5.94. The van der Waals surface area contributed by atoms with E-state index in [0.717, 1.165) is 12.1 Å². The van der Waals surface area contributed by atoms with Crippen molar-refractivity contribution in [2.45, 2.75) is 12.6 Å². The Hall–Kier alpha value is -4.27. The molecule has 0 aliphatic rings. The molecule has 0 radical (unpaired) electrons. The fraction of sp³-hybridized carbons (Fsp3) is 0.120. The van der Waals surface area contributed by atoms with Gasteiger partial charge in [-0.3, -0.25) is 10.1 Å². The number of ether oxygens (including phenoxy) is 1. The lowest BCUT2D eigenvalue weighted by atomic mass is 10.1. The van der Waals surface area contributed by atoms with E-state index in [1.54, 1.807) is 36.4 Å². The van der Waals surface area contributed by atoms with Crippen molar-refractivity contribution < 1.29 is 32.2 Å². The number of benzene rings is 3. The normalized spacial score (nSPS) is 11.3. The summed E-state index contributed by atoms with van der Waals surface area (Å²) in [7, 11) is 1.46. The third-order valence-electron chi connectivity index (χ3n) is 5.03. The number of aromatic hydroxyl groups is 1. The van der Waals surface area contributed by atoms with E-state index >= 15 is 0 Å². The molecule has 0 atom stereocenters. The number of halogens is 3. The molecule has 0 unspecified atom stereocenters. The summed E-state index contributed by atoms with van der Waals surface area (Å²) in [5.41, 5.74) is 0.700. The van der Waals surface area contributed by atoms with E-state index in [1.807, 2.05) is 6.07 Å². The van der Waals surface area contributed by atoms with Gasteiger partial charge >= 0.3 is 6.18 Å². The first-order valence-corrected chi connectivity index (χ1v) is 10.1. The van der Waals surface area contributed by atoms with Gasteiger partial charge in [-0.15, -0.1) is 0 Å². The Labute approximate surface area is 192 Å². The molecule has 0 fully saturated rings. The van der Waals surface area contributed by atoms with E-state index in [4.69, 9.17) is 9.15 Å². The van der Waals surface area contributed by atoms with E-state index in [9.17, 15) is 23.1 Å². The first kappa shape index (κ1) is 22.9. The van der Waals surface area contributed by atoms with E-state index < -0.39 is 17.6 Å². The molecular formula is C25H19F3N2O4. The number of amides is 1. The van der Waals surface area contributed by atoms with Crippen molar-refractivity contribution in [3.63, 3.8) is 0 Å². The zero-order valence-corrected chi connectivity index (χ0v) is 17.9. The molecule has 4 aromatic rings. The molecule has 3 aromatic carbocycles. The molecule has 0 saturated heterocycles. The summed E-state index contributed by atoms with van der Waals surface area (Å²) in [6, 6.07) is 17.8. The number of rotatable bonds is 6. The second-order valence-corrected chi connectivity index (χ2v) is 7.36. The number of nitrogens with one attached hydrogen (secondary N) is 1. The Morgan fingerprint density at radius 1 is 1.03 bits per heavy atom. The second kappa shape index (κ2) is 9.30. The minimum atomic E-state index is -4.48. The van der Waals surface area contributed by atoms with E-state index in [2.05, 4.69) is 10.3 Å². The van der Waals surface area contributed by atoms with E-state index in [-0.39, 0.29) is 29.6 Å². The molecule has 0 aliphatic heterocycles. The van der Waals surface area contributed by atoms with Gasteiger partial charge in [-0.05, 0) is 30.3 Å². The van der Waals surface area contributed by atoms with Crippen LogP contribution in [0.3, 0.4) is 0 Å². The molecule has 0 saturated carbocycles. The summed E-state index contributed by atoms with van der Waals surface area (Å²) in [5.74, 6) is -0.00640. The van der Waals surface area contributed by atoms with Crippen molar-refractivity contribution in [3.05, 3.63) is 83.9 Å². The topological polar surface area (TPSA) is 84.6 Å². The van der Waals surface area contributed by atoms with Crippen molar-refractivity contribution in [1.29, 1.82) is 0 Å². The number of phenolic OH excluding ortho intramolecular Hbond substituents is 1. The van der Waals surface area contributed by atoms with Gasteiger partial charge in [-0.1, -0.05) is 36.4 Å². The van der Waals surface area contributed by atoms with Gasteiger partial charge in [0.1, 0.15) is 17.2 Å². The number of nitrogens with zero attached hydrogens (tertiary/aromatic N) is 1. The molecule has 6 nitrogen and oxygen atoms in total. The number of aromatic nitrogens is 1. The Morgan fingerprint density at radius 2 is 1.74 bits per heavy atom. The van der Waals surface area contributed by atoms with Crippen molar-refractivity contribution in [2.24, 2.45) is 0 Å². The summed E-state index contributed by atoms with van der Waals surface area (Å²) in [5, 5.41) is 12.7. The van der Waals surface area contributed by atoms with Crippen molar-refractivity contribution >= 4 is 11.8 Å². The SMILES string of the molecule is COc1ccc(CC(=O)Nc2oc(-c3ccccc3)nc2-c2ccc(C(F)(F)F)cc2)c(O)c1. The summed E-state index contributed by atoms with van der Waals surface area (Å²) < 4.78 is 49.7. The number of anilines is 1. The summed E-state index contributed by atoms with van der Waals surface area (Å²) in [6.07, 6.45) is -4.65. The largest absolute Gasteiger partial charge is 0.508 e. The summed E-state index contributed by atoms with van der Waals surface area (Å²) >= 11 is 0. The Balaban J connectivity index is 1.65. The van der Waals surface area contributed by atoms with Gasteiger partial charge in [0.05, 0.1) is 19.1 Å². The fourth-order valence-electron chi connectivity index (χ4n) is 3.29. The maximum Gasteiger partial charge on any atom is 0.416 e. The zero-order chi connectivity index (χ0) is 24.3. The Morgan fingerprint density at radius 3 is 2.35 bits per heavy atom. The van der Waals surface area contributed by atoms with Crippen LogP contribution >= 0.6 is 0 Å². The van der Waals surface area contributed by atoms with Crippen LogP contribution in [0.2, 0.25) is 0 Å². The number of hydrogen-bond acceptors (Lipinski definition) is 5. The third kappa shape index (κ3) is 5.03. The summed E-state index contributed by atoms with van der Waals surface area (Å²) in [6.45, 7) is 0. The monoisotopic (exact) mass is 468 g/mol. The quantitative estimate of drug-likeness (QED) is 0.367. The van der Waals surface area contributed by atoms with Crippen LogP contribution in [-0.4, -0.2) is 23.1 Å². The number of hydrogen-bond donors (Lipinski definition) is 2. The lowest BCUT2D eigenvalue weighted by Gasteiger charge is -2.08. The molecule has 9 heteroatoms. The van der Waals surface area contributed by atoms with Crippen LogP contribution in [0.15, 0.2) is 77.2 Å². The molecule has 1 amide bonds. The van der Waals surface area contributed by atoms with Crippen molar-refractivity contribution in [2.75, 3.05) is 12.4 Å². The van der Waals surface area contributed by atoms with Crippen LogP contribution in [-0.2, 0) is 17.4 Å². The van der Waals surface area contributed by atoms with Gasteiger partial charge in [-0.2, -0.15) is 13.2 Å². The van der Waals surface area contributed by atoms with Gasteiger partial charge in [0.2, 0.25) is 17.7 Å². The van der Waals surface area contributed by atoms with E-state index in [0.29, 0.717) is 22.4 Å². The van der Waals surface area contributed by atoms with Crippen LogP contribution in [0.4, 0.5) is 19.1 Å². The highest BCUT2D eigenvalue weighted by Gasteiger charge is 2.30. The van der Waals surface area contributed by atoms with Gasteiger partial charge < -0.3 is 14.3 Å². The average Bonchev–Trinajstić information content (AvgIpc) is 3.24. The van der Waals surface area contributed by atoms with Crippen LogP contribution in [0.25, 0.3) is 22.7 Å². The smallest absolute Gasteiger partial charge is 0.416 e. The van der Waals surface area contributed by atoms with Crippen LogP contribution in [0.1, 0.15) is 11.1 Å². The standard InChI is InChI=1S/C25H19F3N2O4/c1-33-19-12-9-17(20(31)14-19)13-21(32)29-24-22(15-7-10-18(11-8-15)25(26,27)28)30-23(34-24)16-5-3-2-4-6-16/h2-12,14,31H,13H2,1H3,(H,29,32). The van der Waals surface area contributed by atoms with Crippen LogP contribution in [0, 0.1) is 0 Å². The summed E-state index contributed by atoms with van der Waals surface area (Å²) in [4.78, 5) is 17.1. The average molecular weight is 468 g/mol. The molecule has 1 aromatic heterocycles. The third-order valence-corrected chi connectivity index (χ3v) is 5.03. The number of carbonyl (C=O) groups excluding carboxylic acids is 1. The molecule has 34 heavy (non-hydrogen) atoms. The molecule has 0 spiro atoms. The molecule has 174 valence electrons. The Kier molecular flexibility index (Phi) is 6.27. The lowest BCUT2D eigenvalue weighted by Crippen LogP contribution is -2.14. The minimum Gasteiger partial charge on any atom is -0.508 e. The zero-order valence-electron chi connectivity index (χ0n) is 17.9. The second-order valence-electron chi connectivity index (χ2n) is 7.36. The number of carbonyl (C=O) groups is 1. The fourth-order valence-corrected chi connectivity index (χ4v) is 3.29. The Bertz CT molecular complexity index is 1300. The number of oxazole rings is 1. The highest BCUT2D eigenvalue weighted by atomic mass is 19.4. The maximum absolute atomic E-state index is 13.0. The van der Waals surface area contributed by atoms with Crippen molar-refractivity contribution in [3.8, 4) is 34.2 Å². The minimum absolute atomic E-state index is 0.0170. The first-order valence-electron chi connectivity index (χ1n) is 10.1. The number of phenols is 1. The van der Waals surface area contributed by atoms with Crippen molar-refractivity contribution in [1.82, 2.24) is 4.98 Å². The molecule has 4 rings (SSSR count). The number of alkyl halides is 3. The van der Waals surface area contributed by atoms with Gasteiger partial charge in [0.25, 0.3) is 0 Å². The van der Waals surface area contributed by atoms with Crippen LogP contribution < -0.4 is 10.1 Å². The highest BCUT2D eigenvalue weighted by Crippen LogP contribution is 2.35.